The van der Waals surface area contributed by atoms with Crippen LogP contribution in [-0.2, 0) is 16.2 Å². The highest BCUT2D eigenvalue weighted by atomic mass is 35.5. The zero-order valence-electron chi connectivity index (χ0n) is 12.5. The molecule has 25 heavy (non-hydrogen) atoms. The maximum Gasteiger partial charge on any atom is 0.417 e. The molecular weight excluding hydrogens is 385 g/mol. The maximum absolute atomic E-state index is 12.9. The number of anilines is 1. The molecule has 2 rings (SSSR count). The Balaban J connectivity index is 2.51. The van der Waals surface area contributed by atoms with Gasteiger partial charge in [0.15, 0.2) is 0 Å². The summed E-state index contributed by atoms with van der Waals surface area (Å²) in [5.41, 5.74) is -1.93. The minimum Gasteiger partial charge on any atom is -0.269 e. The average molecular weight is 395 g/mol. The number of benzene rings is 2. The molecule has 0 spiro atoms. The van der Waals surface area contributed by atoms with Crippen LogP contribution >= 0.6 is 11.6 Å². The minimum absolute atomic E-state index is 0.289. The fourth-order valence-electron chi connectivity index (χ4n) is 1.98. The molecule has 0 aromatic heterocycles. The van der Waals surface area contributed by atoms with Gasteiger partial charge in [0, 0.05) is 19.2 Å². The Morgan fingerprint density at radius 2 is 1.80 bits per heavy atom. The number of nitro benzene ring substituents is 1. The highest BCUT2D eigenvalue weighted by Crippen LogP contribution is 2.37. The fourth-order valence-corrected chi connectivity index (χ4v) is 3.43. The standard InChI is InChI=1S/C14H10ClF3N2O4S/c1-19(9-5-6-13(15)12(8-9)14(16,17)18)25(23,24)11-4-2-3-10(7-11)20(21)22/h2-8H,1H3. The first-order valence-electron chi connectivity index (χ1n) is 6.54. The first-order valence-corrected chi connectivity index (χ1v) is 8.36. The van der Waals surface area contributed by atoms with Gasteiger partial charge in [-0.15, -0.1) is 0 Å². The zero-order chi connectivity index (χ0) is 19.0. The molecule has 2 aromatic rings. The van der Waals surface area contributed by atoms with Gasteiger partial charge in [0.1, 0.15) is 0 Å². The number of hydrogen-bond donors (Lipinski definition) is 0. The molecule has 0 radical (unpaired) electrons. The van der Waals surface area contributed by atoms with Crippen molar-refractivity contribution in [2.24, 2.45) is 0 Å². The second-order valence-electron chi connectivity index (χ2n) is 4.89. The Kier molecular flexibility index (Phi) is 4.96. The highest BCUT2D eigenvalue weighted by molar-refractivity contribution is 7.92. The third-order valence-electron chi connectivity index (χ3n) is 3.31. The van der Waals surface area contributed by atoms with E-state index in [2.05, 4.69) is 0 Å². The van der Waals surface area contributed by atoms with Gasteiger partial charge in [0.25, 0.3) is 15.7 Å². The molecule has 0 saturated carbocycles. The van der Waals surface area contributed by atoms with E-state index in [4.69, 9.17) is 11.6 Å². The lowest BCUT2D eigenvalue weighted by Crippen LogP contribution is -2.27. The first kappa shape index (κ1) is 19.0. The number of nitrogens with zero attached hydrogens (tertiary/aromatic N) is 2. The summed E-state index contributed by atoms with van der Waals surface area (Å²) in [7, 11) is -3.27. The Morgan fingerprint density at radius 1 is 1.16 bits per heavy atom. The van der Waals surface area contributed by atoms with Gasteiger partial charge in [-0.05, 0) is 24.3 Å². The van der Waals surface area contributed by atoms with Crippen LogP contribution in [0.25, 0.3) is 0 Å². The molecule has 0 aliphatic rings. The third-order valence-corrected chi connectivity index (χ3v) is 5.42. The number of hydrogen-bond acceptors (Lipinski definition) is 4. The van der Waals surface area contributed by atoms with E-state index in [1.165, 1.54) is 6.07 Å². The van der Waals surface area contributed by atoms with Gasteiger partial charge < -0.3 is 0 Å². The van der Waals surface area contributed by atoms with Gasteiger partial charge in [0.2, 0.25) is 0 Å². The summed E-state index contributed by atoms with van der Waals surface area (Å²) in [6.07, 6.45) is -4.76. The van der Waals surface area contributed by atoms with Crippen LogP contribution in [0, 0.1) is 10.1 Å². The number of non-ortho nitro benzene ring substituents is 1. The third kappa shape index (κ3) is 3.85. The SMILES string of the molecule is CN(c1ccc(Cl)c(C(F)(F)F)c1)S(=O)(=O)c1cccc([N+](=O)[O-])c1. The van der Waals surface area contributed by atoms with Crippen molar-refractivity contribution in [2.75, 3.05) is 11.4 Å². The zero-order valence-corrected chi connectivity index (χ0v) is 14.1. The van der Waals surface area contributed by atoms with Crippen LogP contribution < -0.4 is 4.31 Å². The van der Waals surface area contributed by atoms with E-state index in [-0.39, 0.29) is 5.69 Å². The number of halogens is 4. The van der Waals surface area contributed by atoms with Crippen molar-refractivity contribution in [1.82, 2.24) is 0 Å². The predicted molar refractivity (Wildman–Crippen MR) is 85.1 cm³/mol. The Labute approximate surface area is 145 Å². The molecule has 0 aliphatic carbocycles. The van der Waals surface area contributed by atoms with Crippen molar-refractivity contribution in [2.45, 2.75) is 11.1 Å². The van der Waals surface area contributed by atoms with Crippen molar-refractivity contribution >= 4 is 33.0 Å². The summed E-state index contributed by atoms with van der Waals surface area (Å²) < 4.78 is 64.5. The van der Waals surface area contributed by atoms with Crippen LogP contribution in [-0.4, -0.2) is 20.4 Å². The van der Waals surface area contributed by atoms with Gasteiger partial charge >= 0.3 is 6.18 Å². The monoisotopic (exact) mass is 394 g/mol. The molecule has 0 saturated heterocycles. The predicted octanol–water partition coefficient (Wildman–Crippen LogP) is 4.09. The largest absolute Gasteiger partial charge is 0.417 e. The summed E-state index contributed by atoms with van der Waals surface area (Å²) in [4.78, 5) is 9.57. The summed E-state index contributed by atoms with van der Waals surface area (Å²) in [5.74, 6) is 0. The van der Waals surface area contributed by atoms with Crippen LogP contribution in [0.1, 0.15) is 5.56 Å². The summed E-state index contributed by atoms with van der Waals surface area (Å²) in [5, 5.41) is 10.2. The molecular formula is C14H10ClF3N2O4S. The van der Waals surface area contributed by atoms with Crippen LogP contribution in [0.4, 0.5) is 24.5 Å². The number of sulfonamides is 1. The lowest BCUT2D eigenvalue weighted by atomic mass is 10.2. The van der Waals surface area contributed by atoms with Crippen LogP contribution in [0.15, 0.2) is 47.4 Å². The number of rotatable bonds is 4. The van der Waals surface area contributed by atoms with Crippen LogP contribution in [0.3, 0.4) is 0 Å². The molecule has 134 valence electrons. The van der Waals surface area contributed by atoms with E-state index in [9.17, 15) is 31.7 Å². The van der Waals surface area contributed by atoms with Crippen molar-refractivity contribution in [3.05, 3.63) is 63.2 Å². The van der Waals surface area contributed by atoms with Crippen molar-refractivity contribution in [1.29, 1.82) is 0 Å². The van der Waals surface area contributed by atoms with Gasteiger partial charge in [-0.1, -0.05) is 17.7 Å². The molecule has 0 bridgehead atoms. The normalized spacial score (nSPS) is 12.0. The molecule has 0 aliphatic heterocycles. The molecule has 11 heteroatoms. The Morgan fingerprint density at radius 3 is 2.36 bits per heavy atom. The number of nitro groups is 1. The van der Waals surface area contributed by atoms with Gasteiger partial charge in [0.05, 0.1) is 26.1 Å². The molecule has 0 N–H and O–H groups in total. The van der Waals surface area contributed by atoms with Crippen molar-refractivity contribution in [3.63, 3.8) is 0 Å². The highest BCUT2D eigenvalue weighted by Gasteiger charge is 2.34. The van der Waals surface area contributed by atoms with Gasteiger partial charge in [-0.2, -0.15) is 13.2 Å². The molecule has 0 fully saturated rings. The van der Waals surface area contributed by atoms with E-state index in [0.29, 0.717) is 10.4 Å². The Bertz CT molecular complexity index is 932. The van der Waals surface area contributed by atoms with Crippen LogP contribution in [0.5, 0.6) is 0 Å². The molecule has 0 heterocycles. The second-order valence-corrected chi connectivity index (χ2v) is 7.27. The van der Waals surface area contributed by atoms with E-state index in [1.54, 1.807) is 0 Å². The van der Waals surface area contributed by atoms with Crippen molar-refractivity contribution in [3.8, 4) is 0 Å². The second kappa shape index (κ2) is 6.52. The van der Waals surface area contributed by atoms with E-state index < -0.39 is 42.3 Å². The summed E-state index contributed by atoms with van der Waals surface area (Å²) in [6.45, 7) is 0. The van der Waals surface area contributed by atoms with E-state index in [1.807, 2.05) is 0 Å². The number of alkyl halides is 3. The van der Waals surface area contributed by atoms with E-state index >= 15 is 0 Å². The first-order chi connectivity index (χ1) is 11.4. The fraction of sp³-hybridized carbons (Fsp3) is 0.143. The van der Waals surface area contributed by atoms with E-state index in [0.717, 1.165) is 37.4 Å². The molecule has 0 atom stereocenters. The topological polar surface area (TPSA) is 80.5 Å². The quantitative estimate of drug-likeness (QED) is 0.577. The van der Waals surface area contributed by atoms with Crippen LogP contribution in [0.2, 0.25) is 5.02 Å². The summed E-state index contributed by atoms with van der Waals surface area (Å²) >= 11 is 5.51. The lowest BCUT2D eigenvalue weighted by molar-refractivity contribution is -0.385. The molecule has 0 amide bonds. The van der Waals surface area contributed by atoms with Crippen molar-refractivity contribution < 1.29 is 26.5 Å². The smallest absolute Gasteiger partial charge is 0.269 e. The average Bonchev–Trinajstić information content (AvgIpc) is 2.53. The molecule has 0 unspecified atom stereocenters. The lowest BCUT2D eigenvalue weighted by Gasteiger charge is -2.21. The Hall–Kier alpha value is -2.33. The maximum atomic E-state index is 12.9. The van der Waals surface area contributed by atoms with Gasteiger partial charge in [-0.25, -0.2) is 8.42 Å². The van der Waals surface area contributed by atoms with Gasteiger partial charge in [-0.3, -0.25) is 14.4 Å². The summed E-state index contributed by atoms with van der Waals surface area (Å²) in [6, 6.07) is 6.83. The molecule has 2 aromatic carbocycles. The molecule has 6 nitrogen and oxygen atoms in total. The minimum atomic E-state index is -4.76.